The normalized spacial score (nSPS) is 16.4. The van der Waals surface area contributed by atoms with Crippen molar-refractivity contribution in [2.75, 3.05) is 0 Å². The number of halogens is 3. The van der Waals surface area contributed by atoms with E-state index in [9.17, 15) is 14.3 Å². The number of benzene rings is 4. The predicted molar refractivity (Wildman–Crippen MR) is 135 cm³/mol. The molecule has 0 fully saturated rings. The van der Waals surface area contributed by atoms with Gasteiger partial charge in [-0.1, -0.05) is 66.7 Å². The second kappa shape index (κ2) is 8.35. The molecule has 3 nitrogen and oxygen atoms in total. The van der Waals surface area contributed by atoms with Crippen LogP contribution >= 0.6 is 7.14 Å². The fourth-order valence-electron chi connectivity index (χ4n) is 4.84. The molecule has 1 aliphatic rings. The number of hydrogen-bond donors (Lipinski definition) is 1. The predicted octanol–water partition coefficient (Wildman–Crippen LogP) is 4.03. The van der Waals surface area contributed by atoms with Gasteiger partial charge >= 0.3 is 5.97 Å². The Bertz CT molecular complexity index is 1760. The van der Waals surface area contributed by atoms with Gasteiger partial charge in [0, 0.05) is 32.6 Å². The molecule has 7 heteroatoms. The highest BCUT2D eigenvalue weighted by atomic mass is 31.2. The summed E-state index contributed by atoms with van der Waals surface area (Å²) >= 11 is 0. The minimum atomic E-state index is -3.54. The van der Waals surface area contributed by atoms with Crippen LogP contribution in [0.2, 0.25) is 0 Å². The van der Waals surface area contributed by atoms with Gasteiger partial charge in [0.1, 0.15) is 11.4 Å². The average Bonchev–Trinajstić information content (AvgIpc) is 2.86. The summed E-state index contributed by atoms with van der Waals surface area (Å²) < 4.78 is 60.3. The fourth-order valence-corrected chi connectivity index (χ4v) is 8.03. The summed E-state index contributed by atoms with van der Waals surface area (Å²) in [6.45, 7) is 6.82. The van der Waals surface area contributed by atoms with E-state index in [4.69, 9.17) is 0 Å². The quantitative estimate of drug-likeness (QED) is 0.298. The summed E-state index contributed by atoms with van der Waals surface area (Å²) in [5.41, 5.74) is -1.22. The standard InChI is InChI=1S/C29H20F3O3P/c1-15-9-11-19-21(13-15)36(35,18-7-5-4-6-8-18)22-14-16(2)10-12-20(22)23(19)24-25(29(33)34)28(32)27(31)17(3)26(24)30/h4-14H,1H2,2-3H3,(H,33,34). The highest BCUT2D eigenvalue weighted by Crippen LogP contribution is 2.47. The number of aryl methyl sites for hydroxylation is 1. The summed E-state index contributed by atoms with van der Waals surface area (Å²) in [6, 6.07) is 18.7. The van der Waals surface area contributed by atoms with Crippen molar-refractivity contribution in [3.05, 3.63) is 122 Å². The van der Waals surface area contributed by atoms with Crippen LogP contribution in [0.25, 0.3) is 12.2 Å². The van der Waals surface area contributed by atoms with Crippen molar-refractivity contribution in [3.63, 3.8) is 0 Å². The van der Waals surface area contributed by atoms with Gasteiger partial charge in [0.15, 0.2) is 18.8 Å². The van der Waals surface area contributed by atoms with E-state index >= 15 is 13.3 Å². The minimum absolute atomic E-state index is 0.0410. The lowest BCUT2D eigenvalue weighted by Crippen LogP contribution is -2.43. The Labute approximate surface area is 205 Å². The Morgan fingerprint density at radius 3 is 2.22 bits per heavy atom. The molecule has 1 unspecified atom stereocenters. The number of fused-ring (bicyclic) bond motifs is 2. The first-order chi connectivity index (χ1) is 17.1. The van der Waals surface area contributed by atoms with Gasteiger partial charge in [-0.3, -0.25) is 0 Å². The molecule has 0 aliphatic carbocycles. The van der Waals surface area contributed by atoms with Crippen LogP contribution in [0.3, 0.4) is 0 Å². The van der Waals surface area contributed by atoms with Crippen LogP contribution in [-0.4, -0.2) is 11.1 Å². The van der Waals surface area contributed by atoms with Gasteiger partial charge in [-0.2, -0.15) is 0 Å². The smallest absolute Gasteiger partial charge is 0.339 e. The van der Waals surface area contributed by atoms with Crippen molar-refractivity contribution in [1.82, 2.24) is 0 Å². The van der Waals surface area contributed by atoms with E-state index in [0.717, 1.165) is 12.5 Å². The van der Waals surface area contributed by atoms with E-state index in [-0.39, 0.29) is 10.8 Å². The number of carboxylic acids is 1. The van der Waals surface area contributed by atoms with Gasteiger partial charge < -0.3 is 9.67 Å². The fraction of sp³-hybridized carbons (Fsp3) is 0.0690. The van der Waals surface area contributed by atoms with Crippen molar-refractivity contribution < 1.29 is 27.6 Å². The highest BCUT2D eigenvalue weighted by Gasteiger charge is 2.40. The highest BCUT2D eigenvalue weighted by molar-refractivity contribution is 7.85. The number of aromatic carboxylic acids is 1. The first kappa shape index (κ1) is 23.8. The van der Waals surface area contributed by atoms with Crippen LogP contribution in [0.1, 0.15) is 32.6 Å². The number of hydrogen-bond acceptors (Lipinski definition) is 2. The molecule has 1 N–H and O–H groups in total. The number of rotatable bonds is 3. The van der Waals surface area contributed by atoms with Gasteiger partial charge in [0.05, 0.1) is 0 Å². The van der Waals surface area contributed by atoms with Crippen LogP contribution in [-0.2, 0) is 4.57 Å². The van der Waals surface area contributed by atoms with E-state index < -0.39 is 47.3 Å². The van der Waals surface area contributed by atoms with Crippen LogP contribution in [0, 0.1) is 31.3 Å². The molecule has 0 radical (unpaired) electrons. The second-order valence-electron chi connectivity index (χ2n) is 8.81. The van der Waals surface area contributed by atoms with Crippen LogP contribution < -0.4 is 26.4 Å². The van der Waals surface area contributed by atoms with Gasteiger partial charge in [0.2, 0.25) is 0 Å². The average molecular weight is 504 g/mol. The first-order valence-electron chi connectivity index (χ1n) is 11.1. The summed E-state index contributed by atoms with van der Waals surface area (Å²) in [5, 5.41) is 11.9. The molecular formula is C29H20F3O3P. The third kappa shape index (κ3) is 3.29. The third-order valence-corrected chi connectivity index (χ3v) is 9.68. The molecule has 0 saturated heterocycles. The summed E-state index contributed by atoms with van der Waals surface area (Å²) in [6.07, 6.45) is 0. The largest absolute Gasteiger partial charge is 0.478 e. The van der Waals surface area contributed by atoms with Crippen molar-refractivity contribution >= 4 is 41.2 Å². The number of carbonyl (C=O) groups is 1. The maximum absolute atomic E-state index is 15.7. The van der Waals surface area contributed by atoms with Crippen molar-refractivity contribution in [3.8, 4) is 0 Å². The van der Waals surface area contributed by atoms with E-state index in [1.54, 1.807) is 66.7 Å². The Morgan fingerprint density at radius 1 is 0.861 bits per heavy atom. The molecule has 0 amide bonds. The van der Waals surface area contributed by atoms with E-state index in [1.807, 2.05) is 6.92 Å². The van der Waals surface area contributed by atoms with Crippen LogP contribution in [0.15, 0.2) is 66.7 Å². The molecular weight excluding hydrogens is 484 g/mol. The summed E-state index contributed by atoms with van der Waals surface area (Å²) in [7, 11) is -3.54. The summed E-state index contributed by atoms with van der Waals surface area (Å²) in [5.74, 6) is -6.20. The van der Waals surface area contributed by atoms with Crippen LogP contribution in [0.4, 0.5) is 13.2 Å². The minimum Gasteiger partial charge on any atom is -0.478 e. The Hall–Kier alpha value is -3.89. The zero-order valence-corrected chi connectivity index (χ0v) is 20.3. The van der Waals surface area contributed by atoms with Gasteiger partial charge in [-0.15, -0.1) is 0 Å². The molecule has 0 aromatic heterocycles. The monoisotopic (exact) mass is 504 g/mol. The molecule has 0 saturated carbocycles. The first-order valence-corrected chi connectivity index (χ1v) is 12.8. The second-order valence-corrected chi connectivity index (χ2v) is 11.5. The molecule has 1 heterocycles. The third-order valence-electron chi connectivity index (χ3n) is 6.56. The van der Waals surface area contributed by atoms with Crippen LogP contribution in [0.5, 0.6) is 0 Å². The molecule has 36 heavy (non-hydrogen) atoms. The molecule has 1 atom stereocenters. The van der Waals surface area contributed by atoms with Gasteiger partial charge in [-0.25, -0.2) is 18.0 Å². The van der Waals surface area contributed by atoms with Gasteiger partial charge in [0.25, 0.3) is 0 Å². The molecule has 0 spiro atoms. The Morgan fingerprint density at radius 2 is 1.56 bits per heavy atom. The number of carboxylic acid groups (broad SMARTS) is 1. The SMILES string of the molecule is C=c1ccc2c(c1)P(=O)(c1ccccc1)c1cc(C)ccc1C=2c1c(F)c(C)c(F)c(F)c1C(=O)O. The van der Waals surface area contributed by atoms with E-state index in [1.165, 1.54) is 0 Å². The zero-order chi connectivity index (χ0) is 25.9. The van der Waals surface area contributed by atoms with Gasteiger partial charge in [-0.05, 0) is 42.0 Å². The Balaban J connectivity index is 2.10. The van der Waals surface area contributed by atoms with Crippen molar-refractivity contribution in [2.24, 2.45) is 0 Å². The zero-order valence-electron chi connectivity index (χ0n) is 19.4. The lowest BCUT2D eigenvalue weighted by molar-refractivity contribution is 0.0689. The molecule has 180 valence electrons. The van der Waals surface area contributed by atoms with E-state index in [2.05, 4.69) is 6.58 Å². The lowest BCUT2D eigenvalue weighted by Gasteiger charge is -2.30. The molecule has 4 aromatic rings. The molecule has 1 aliphatic heterocycles. The van der Waals surface area contributed by atoms with E-state index in [0.29, 0.717) is 26.7 Å². The molecule has 5 rings (SSSR count). The maximum Gasteiger partial charge on any atom is 0.339 e. The van der Waals surface area contributed by atoms with Crippen molar-refractivity contribution in [2.45, 2.75) is 13.8 Å². The molecule has 0 bridgehead atoms. The summed E-state index contributed by atoms with van der Waals surface area (Å²) in [4.78, 5) is 12.1. The lowest BCUT2D eigenvalue weighted by atomic mass is 9.88. The maximum atomic E-state index is 15.7. The Kier molecular flexibility index (Phi) is 5.53. The molecule has 4 aromatic carbocycles. The van der Waals surface area contributed by atoms with Crippen molar-refractivity contribution in [1.29, 1.82) is 0 Å². The topological polar surface area (TPSA) is 54.4 Å².